The first kappa shape index (κ1) is 29.2. The zero-order chi connectivity index (χ0) is 28.8. The lowest BCUT2D eigenvalue weighted by Gasteiger charge is -2.36. The number of fused-ring (bicyclic) bond motifs is 5. The molecule has 15 heteroatoms. The second-order valence-corrected chi connectivity index (χ2v) is 13.1. The zero-order valence-electron chi connectivity index (χ0n) is 18.8. The van der Waals surface area contributed by atoms with Crippen LogP contribution in [0.25, 0.3) is 0 Å². The van der Waals surface area contributed by atoms with Gasteiger partial charge in [-0.3, -0.25) is 19.2 Å². The number of amides is 3. The number of carbonyl (C=O) groups is 4. The molecule has 1 saturated carbocycles. The number of imide groups is 1. The molecule has 204 valence electrons. The molecule has 4 atom stereocenters. The van der Waals surface area contributed by atoms with E-state index >= 15 is 0 Å². The molecule has 3 amide bonds. The summed E-state index contributed by atoms with van der Waals surface area (Å²) in [5.41, 5.74) is -0.195. The number of carbonyl (C=O) groups excluding carboxylic acids is 4. The third-order valence-electron chi connectivity index (χ3n) is 6.98. The van der Waals surface area contributed by atoms with Gasteiger partial charge in [0.05, 0.1) is 32.5 Å². The van der Waals surface area contributed by atoms with Crippen LogP contribution in [0.1, 0.15) is 20.7 Å². The zero-order valence-corrected chi connectivity index (χ0v) is 24.9. The normalized spacial score (nSPS) is 28.8. The topological polar surface area (TPSA) is 74.8 Å². The summed E-state index contributed by atoms with van der Waals surface area (Å²) < 4.78 is 11.2. The molecule has 1 saturated heterocycles. The van der Waals surface area contributed by atoms with Crippen molar-refractivity contribution in [2.75, 3.05) is 6.54 Å². The highest BCUT2D eigenvalue weighted by Gasteiger charge is 2.88. The van der Waals surface area contributed by atoms with Crippen molar-refractivity contribution < 1.29 is 23.6 Å². The Kier molecular flexibility index (Phi) is 7.22. The lowest BCUT2D eigenvalue weighted by molar-refractivity contribution is -0.154. The second kappa shape index (κ2) is 9.63. The van der Waals surface area contributed by atoms with Crippen LogP contribution >= 0.6 is 92.8 Å². The number of hydrogen-bond donors (Lipinski definition) is 0. The van der Waals surface area contributed by atoms with Crippen LogP contribution in [-0.4, -0.2) is 54.1 Å². The van der Waals surface area contributed by atoms with E-state index in [-0.39, 0.29) is 31.2 Å². The third kappa shape index (κ3) is 3.81. The van der Waals surface area contributed by atoms with E-state index in [0.717, 1.165) is 12.1 Å². The molecule has 39 heavy (non-hydrogen) atoms. The predicted octanol–water partition coefficient (Wildman–Crippen LogP) is 6.82. The fourth-order valence-electron chi connectivity index (χ4n) is 5.12. The summed E-state index contributed by atoms with van der Waals surface area (Å²) in [4.78, 5) is 50.4. The predicted molar refractivity (Wildman–Crippen MR) is 147 cm³/mol. The van der Waals surface area contributed by atoms with Gasteiger partial charge in [-0.1, -0.05) is 69.6 Å². The lowest BCUT2D eigenvalue weighted by atomic mass is 9.84. The van der Waals surface area contributed by atoms with Crippen molar-refractivity contribution in [3.05, 3.63) is 79.5 Å². The standard InChI is InChI=1S/C24H11Cl8FN2O4/c25-10-3-6-12(13(26)7-10)19(37)34(8-14(36)9-1-4-11(33)5-2-9)35-20(38)15-16(21(35)39)23(30)18(28)17(27)22(15,29)24(23,31)32/h1-7,15-16H,8H2/t15-,16+,22-,23-/m1/s1. The molecular weight excluding hydrogens is 683 g/mol. The maximum absolute atomic E-state index is 13.9. The van der Waals surface area contributed by atoms with Crippen LogP contribution in [0, 0.1) is 17.7 Å². The molecule has 2 fully saturated rings. The summed E-state index contributed by atoms with van der Waals surface area (Å²) in [5.74, 6) is -7.57. The van der Waals surface area contributed by atoms with Crippen molar-refractivity contribution in [3.63, 3.8) is 0 Å². The molecule has 3 aliphatic rings. The van der Waals surface area contributed by atoms with Crippen LogP contribution in [0.3, 0.4) is 0 Å². The average molecular weight is 694 g/mol. The molecule has 2 bridgehead atoms. The number of rotatable bonds is 5. The SMILES string of the molecule is O=C(CN(C(=O)c1ccc(Cl)cc1Cl)N1C(=O)[C@@H]2[C@H](C1=O)[C@@]1(Cl)C(Cl)=C(Cl)[C@@]2(Cl)C1(Cl)Cl)c1ccc(F)cc1. The third-order valence-corrected chi connectivity index (χ3v) is 11.8. The summed E-state index contributed by atoms with van der Waals surface area (Å²) in [7, 11) is 0. The molecule has 1 heterocycles. The van der Waals surface area contributed by atoms with Crippen LogP contribution in [0.5, 0.6) is 0 Å². The number of Topliss-reactive ketones (excluding diaryl/α,β-unsaturated/α-hetero) is 1. The minimum absolute atomic E-state index is 0.00771. The maximum atomic E-state index is 13.9. The van der Waals surface area contributed by atoms with E-state index in [9.17, 15) is 23.6 Å². The van der Waals surface area contributed by atoms with Crippen LogP contribution in [-0.2, 0) is 9.59 Å². The molecule has 0 radical (unpaired) electrons. The highest BCUT2D eigenvalue weighted by Crippen LogP contribution is 2.77. The van der Waals surface area contributed by atoms with Crippen molar-refractivity contribution in [1.29, 1.82) is 0 Å². The number of halogens is 9. The molecule has 1 aliphatic heterocycles. The van der Waals surface area contributed by atoms with Crippen LogP contribution in [0.15, 0.2) is 52.5 Å². The summed E-state index contributed by atoms with van der Waals surface area (Å²) in [5, 5.41) is 0.472. The van der Waals surface area contributed by atoms with Gasteiger partial charge in [-0.2, -0.15) is 5.01 Å². The van der Waals surface area contributed by atoms with E-state index in [0.29, 0.717) is 10.0 Å². The Morgan fingerprint density at radius 1 is 0.846 bits per heavy atom. The molecule has 2 aliphatic carbocycles. The van der Waals surface area contributed by atoms with Crippen LogP contribution in [0.4, 0.5) is 4.39 Å². The fourth-order valence-corrected chi connectivity index (χ4v) is 8.54. The van der Waals surface area contributed by atoms with Crippen molar-refractivity contribution in [2.24, 2.45) is 11.8 Å². The monoisotopic (exact) mass is 690 g/mol. The molecule has 0 N–H and O–H groups in total. The molecule has 5 rings (SSSR count). The van der Waals surface area contributed by atoms with Crippen LogP contribution < -0.4 is 0 Å². The Labute approximate surface area is 260 Å². The van der Waals surface area contributed by atoms with Crippen molar-refractivity contribution in [2.45, 2.75) is 14.1 Å². The molecule has 0 spiro atoms. The van der Waals surface area contributed by atoms with E-state index in [1.165, 1.54) is 30.3 Å². The Morgan fingerprint density at radius 3 is 1.85 bits per heavy atom. The van der Waals surface area contributed by atoms with Crippen molar-refractivity contribution in [3.8, 4) is 0 Å². The van der Waals surface area contributed by atoms with Gasteiger partial charge in [-0.15, -0.1) is 23.2 Å². The van der Waals surface area contributed by atoms with Gasteiger partial charge in [0.25, 0.3) is 17.7 Å². The van der Waals surface area contributed by atoms with Gasteiger partial charge in [-0.05, 0) is 42.5 Å². The smallest absolute Gasteiger partial charge is 0.274 e. The Bertz CT molecular complexity index is 1470. The number of hydrogen-bond acceptors (Lipinski definition) is 4. The van der Waals surface area contributed by atoms with E-state index in [2.05, 4.69) is 0 Å². The van der Waals surface area contributed by atoms with Gasteiger partial charge < -0.3 is 0 Å². The summed E-state index contributed by atoms with van der Waals surface area (Å²) in [6.07, 6.45) is 0. The first-order valence-electron chi connectivity index (χ1n) is 10.9. The number of allylic oxidation sites excluding steroid dienone is 2. The molecular formula is C24H11Cl8FN2O4. The number of nitrogens with zero attached hydrogens (tertiary/aromatic N) is 2. The van der Waals surface area contributed by atoms with E-state index in [1.54, 1.807) is 0 Å². The number of ketones is 1. The number of alkyl halides is 4. The van der Waals surface area contributed by atoms with Gasteiger partial charge >= 0.3 is 0 Å². The van der Waals surface area contributed by atoms with Gasteiger partial charge in [0.2, 0.25) is 0 Å². The number of hydrazine groups is 1. The highest BCUT2D eigenvalue weighted by atomic mass is 35.5. The summed E-state index contributed by atoms with van der Waals surface area (Å²) >= 11 is 51.4. The minimum Gasteiger partial charge on any atom is -0.292 e. The van der Waals surface area contributed by atoms with E-state index < -0.39 is 61.8 Å². The molecule has 2 aromatic rings. The van der Waals surface area contributed by atoms with Crippen molar-refractivity contribution in [1.82, 2.24) is 10.0 Å². The minimum atomic E-state index is -2.19. The fraction of sp³-hybridized carbons (Fsp3) is 0.250. The lowest BCUT2D eigenvalue weighted by Crippen LogP contribution is -2.56. The Morgan fingerprint density at radius 2 is 1.36 bits per heavy atom. The summed E-state index contributed by atoms with van der Waals surface area (Å²) in [6.45, 7) is -0.841. The largest absolute Gasteiger partial charge is 0.292 e. The Balaban J connectivity index is 1.61. The first-order chi connectivity index (χ1) is 18.1. The van der Waals surface area contributed by atoms with Gasteiger partial charge in [0.15, 0.2) is 10.1 Å². The molecule has 2 aromatic carbocycles. The van der Waals surface area contributed by atoms with E-state index in [4.69, 9.17) is 92.8 Å². The Hall–Kier alpha value is -1.29. The maximum Gasteiger partial charge on any atom is 0.274 e. The molecule has 6 nitrogen and oxygen atoms in total. The van der Waals surface area contributed by atoms with Gasteiger partial charge in [0.1, 0.15) is 22.1 Å². The van der Waals surface area contributed by atoms with Gasteiger partial charge in [0, 0.05) is 10.6 Å². The number of benzene rings is 2. The molecule has 0 aromatic heterocycles. The highest BCUT2D eigenvalue weighted by molar-refractivity contribution is 6.66. The van der Waals surface area contributed by atoms with Gasteiger partial charge in [-0.25, -0.2) is 9.40 Å². The quantitative estimate of drug-likeness (QED) is 0.196. The average Bonchev–Trinajstić information content (AvgIpc) is 3.26. The molecule has 0 unspecified atom stereocenters. The van der Waals surface area contributed by atoms with Crippen molar-refractivity contribution >= 4 is 116 Å². The first-order valence-corrected chi connectivity index (χ1v) is 13.9. The second-order valence-electron chi connectivity index (χ2n) is 8.99. The van der Waals surface area contributed by atoms with Crippen LogP contribution in [0.2, 0.25) is 10.0 Å². The van der Waals surface area contributed by atoms with E-state index in [1.807, 2.05) is 0 Å². The summed E-state index contributed by atoms with van der Waals surface area (Å²) in [6, 6.07) is 8.30.